The van der Waals surface area contributed by atoms with Gasteiger partial charge < -0.3 is 9.67 Å². The molecule has 2 aromatic carbocycles. The highest BCUT2D eigenvalue weighted by atomic mass is 35.5. The van der Waals surface area contributed by atoms with Gasteiger partial charge in [0.2, 0.25) is 0 Å². The summed E-state index contributed by atoms with van der Waals surface area (Å²) in [6.07, 6.45) is 0. The number of carbonyl (C=O) groups is 2. The van der Waals surface area contributed by atoms with E-state index in [-0.39, 0.29) is 12.1 Å². The van der Waals surface area contributed by atoms with Crippen LogP contribution in [0.1, 0.15) is 10.4 Å². The largest absolute Gasteiger partial charge is 0.480 e. The van der Waals surface area contributed by atoms with E-state index in [1.807, 2.05) is 18.2 Å². The zero-order chi connectivity index (χ0) is 16.4. The van der Waals surface area contributed by atoms with Crippen LogP contribution in [0.15, 0.2) is 53.5 Å². The highest BCUT2D eigenvalue weighted by molar-refractivity contribution is 7.16. The Morgan fingerprint density at radius 3 is 2.57 bits per heavy atom. The van der Waals surface area contributed by atoms with Gasteiger partial charge in [0.15, 0.2) is 4.80 Å². The zero-order valence-electron chi connectivity index (χ0n) is 11.8. The van der Waals surface area contributed by atoms with Crippen molar-refractivity contribution in [2.45, 2.75) is 6.54 Å². The van der Waals surface area contributed by atoms with Gasteiger partial charge in [0.1, 0.15) is 6.54 Å². The van der Waals surface area contributed by atoms with Crippen molar-refractivity contribution in [2.75, 3.05) is 0 Å². The number of nitrogens with zero attached hydrogens (tertiary/aromatic N) is 2. The molecule has 0 radical (unpaired) electrons. The molecule has 0 aliphatic rings. The Balaban J connectivity index is 2.17. The second-order valence-corrected chi connectivity index (χ2v) is 6.15. The molecule has 0 aliphatic heterocycles. The van der Waals surface area contributed by atoms with Crippen LogP contribution in [0.25, 0.3) is 10.2 Å². The second-order valence-electron chi connectivity index (χ2n) is 4.73. The predicted octanol–water partition coefficient (Wildman–Crippen LogP) is 3.18. The summed E-state index contributed by atoms with van der Waals surface area (Å²) in [4.78, 5) is 27.9. The van der Waals surface area contributed by atoms with E-state index >= 15 is 0 Å². The first-order chi connectivity index (χ1) is 11.1. The molecule has 5 nitrogen and oxygen atoms in total. The summed E-state index contributed by atoms with van der Waals surface area (Å²) in [6.45, 7) is -0.265. The minimum Gasteiger partial charge on any atom is -0.480 e. The van der Waals surface area contributed by atoms with E-state index in [1.165, 1.54) is 15.9 Å². The van der Waals surface area contributed by atoms with E-state index in [1.54, 1.807) is 30.3 Å². The average Bonchev–Trinajstić information content (AvgIpc) is 2.85. The Morgan fingerprint density at radius 1 is 1.13 bits per heavy atom. The van der Waals surface area contributed by atoms with E-state index in [9.17, 15) is 9.59 Å². The van der Waals surface area contributed by atoms with Crippen LogP contribution >= 0.6 is 22.9 Å². The van der Waals surface area contributed by atoms with Crippen molar-refractivity contribution >= 4 is 45.0 Å². The SMILES string of the molecule is O=C(O)Cn1c(=NC(=O)c2ccccc2Cl)sc2ccccc21. The van der Waals surface area contributed by atoms with E-state index < -0.39 is 11.9 Å². The van der Waals surface area contributed by atoms with Crippen molar-refractivity contribution in [3.63, 3.8) is 0 Å². The summed E-state index contributed by atoms with van der Waals surface area (Å²) in [5.74, 6) is -1.50. The van der Waals surface area contributed by atoms with Crippen molar-refractivity contribution in [1.82, 2.24) is 4.57 Å². The number of hydrogen-bond donors (Lipinski definition) is 1. The Hall–Kier alpha value is -2.44. The van der Waals surface area contributed by atoms with Crippen molar-refractivity contribution < 1.29 is 14.7 Å². The number of carbonyl (C=O) groups excluding carboxylic acids is 1. The number of thiazole rings is 1. The number of amides is 1. The van der Waals surface area contributed by atoms with Gasteiger partial charge in [0.05, 0.1) is 20.8 Å². The minimum absolute atomic E-state index is 0.265. The quantitative estimate of drug-likeness (QED) is 0.791. The molecule has 1 aromatic heterocycles. The average molecular weight is 347 g/mol. The molecule has 7 heteroatoms. The summed E-state index contributed by atoms with van der Waals surface area (Å²) in [5, 5.41) is 9.41. The zero-order valence-corrected chi connectivity index (χ0v) is 13.3. The summed E-state index contributed by atoms with van der Waals surface area (Å²) < 4.78 is 2.37. The minimum atomic E-state index is -1.000. The Morgan fingerprint density at radius 2 is 1.83 bits per heavy atom. The molecule has 1 heterocycles. The summed E-state index contributed by atoms with van der Waals surface area (Å²) in [7, 11) is 0. The van der Waals surface area contributed by atoms with Crippen LogP contribution < -0.4 is 4.80 Å². The summed E-state index contributed by atoms with van der Waals surface area (Å²) in [5.41, 5.74) is 1.01. The van der Waals surface area contributed by atoms with Crippen LogP contribution in [-0.4, -0.2) is 21.6 Å². The molecule has 23 heavy (non-hydrogen) atoms. The maximum Gasteiger partial charge on any atom is 0.323 e. The molecule has 0 aliphatic carbocycles. The monoisotopic (exact) mass is 346 g/mol. The van der Waals surface area contributed by atoms with Crippen LogP contribution in [0, 0.1) is 0 Å². The third-order valence-electron chi connectivity index (χ3n) is 3.18. The normalized spacial score (nSPS) is 11.8. The number of hydrogen-bond acceptors (Lipinski definition) is 3. The summed E-state index contributed by atoms with van der Waals surface area (Å²) >= 11 is 7.27. The number of carboxylic acids is 1. The van der Waals surface area contributed by atoms with E-state index in [2.05, 4.69) is 4.99 Å². The lowest BCUT2D eigenvalue weighted by molar-refractivity contribution is -0.137. The van der Waals surface area contributed by atoms with Crippen LogP contribution in [0.3, 0.4) is 0 Å². The number of halogens is 1. The number of para-hydroxylation sites is 1. The van der Waals surface area contributed by atoms with Gasteiger partial charge in [-0.2, -0.15) is 4.99 Å². The highest BCUT2D eigenvalue weighted by Crippen LogP contribution is 2.18. The third-order valence-corrected chi connectivity index (χ3v) is 4.57. The molecule has 3 rings (SSSR count). The lowest BCUT2D eigenvalue weighted by Crippen LogP contribution is -2.21. The third kappa shape index (κ3) is 3.18. The fraction of sp³-hybridized carbons (Fsp3) is 0.0625. The standard InChI is InChI=1S/C16H11ClN2O3S/c17-11-6-2-1-5-10(11)15(22)18-16-19(9-14(20)21)12-7-3-4-8-13(12)23-16/h1-8H,9H2,(H,20,21). The van der Waals surface area contributed by atoms with Crippen LogP contribution in [-0.2, 0) is 11.3 Å². The van der Waals surface area contributed by atoms with Gasteiger partial charge in [-0.3, -0.25) is 9.59 Å². The summed E-state index contributed by atoms with van der Waals surface area (Å²) in [6, 6.07) is 13.9. The predicted molar refractivity (Wildman–Crippen MR) is 88.8 cm³/mol. The van der Waals surface area contributed by atoms with Gasteiger partial charge in [0.25, 0.3) is 5.91 Å². The van der Waals surface area contributed by atoms with Gasteiger partial charge in [-0.25, -0.2) is 0 Å². The lowest BCUT2D eigenvalue weighted by atomic mass is 10.2. The number of carboxylic acid groups (broad SMARTS) is 1. The van der Waals surface area contributed by atoms with Crippen LogP contribution in [0.4, 0.5) is 0 Å². The van der Waals surface area contributed by atoms with E-state index in [0.717, 1.165) is 10.2 Å². The fourth-order valence-electron chi connectivity index (χ4n) is 2.18. The lowest BCUT2D eigenvalue weighted by Gasteiger charge is -2.01. The van der Waals surface area contributed by atoms with Gasteiger partial charge >= 0.3 is 5.97 Å². The molecule has 0 fully saturated rings. The fourth-order valence-corrected chi connectivity index (χ4v) is 3.42. The second kappa shape index (κ2) is 6.36. The van der Waals surface area contributed by atoms with Gasteiger partial charge in [-0.15, -0.1) is 0 Å². The molecule has 0 unspecified atom stereocenters. The van der Waals surface area contributed by atoms with Crippen molar-refractivity contribution in [3.8, 4) is 0 Å². The van der Waals surface area contributed by atoms with Crippen LogP contribution in [0.2, 0.25) is 5.02 Å². The maximum atomic E-state index is 12.3. The van der Waals surface area contributed by atoms with Crippen molar-refractivity contribution in [2.24, 2.45) is 4.99 Å². The smallest absolute Gasteiger partial charge is 0.323 e. The van der Waals surface area contributed by atoms with Crippen molar-refractivity contribution in [3.05, 3.63) is 63.9 Å². The molecule has 0 bridgehead atoms. The molecule has 0 spiro atoms. The molecule has 116 valence electrons. The van der Waals surface area contributed by atoms with Crippen molar-refractivity contribution in [1.29, 1.82) is 0 Å². The molecule has 1 amide bonds. The van der Waals surface area contributed by atoms with E-state index in [4.69, 9.17) is 16.7 Å². The van der Waals surface area contributed by atoms with Gasteiger partial charge in [-0.05, 0) is 24.3 Å². The van der Waals surface area contributed by atoms with E-state index in [0.29, 0.717) is 9.82 Å². The first kappa shape index (κ1) is 15.5. The molecule has 1 N–H and O–H groups in total. The number of fused-ring (bicyclic) bond motifs is 1. The number of rotatable bonds is 3. The van der Waals surface area contributed by atoms with Gasteiger partial charge in [0, 0.05) is 0 Å². The number of aromatic nitrogens is 1. The molecule has 3 aromatic rings. The Labute approximate surface area is 140 Å². The first-order valence-corrected chi connectivity index (χ1v) is 7.89. The molecular weight excluding hydrogens is 336 g/mol. The van der Waals surface area contributed by atoms with Gasteiger partial charge in [-0.1, -0.05) is 47.2 Å². The molecular formula is C16H11ClN2O3S. The highest BCUT2D eigenvalue weighted by Gasteiger charge is 2.12. The Bertz CT molecular complexity index is 975. The molecule has 0 saturated carbocycles. The number of benzene rings is 2. The molecule has 0 atom stereocenters. The first-order valence-electron chi connectivity index (χ1n) is 6.70. The van der Waals surface area contributed by atoms with Crippen LogP contribution in [0.5, 0.6) is 0 Å². The maximum absolute atomic E-state index is 12.3. The molecule has 0 saturated heterocycles. The Kier molecular flexibility index (Phi) is 4.27. The number of aliphatic carboxylic acids is 1. The topological polar surface area (TPSA) is 71.7 Å².